The van der Waals surface area contributed by atoms with Gasteiger partial charge in [-0.1, -0.05) is 30.3 Å². The molecule has 2 heterocycles. The molecule has 1 aliphatic rings. The first kappa shape index (κ1) is 26.0. The molecule has 0 radical (unpaired) electrons. The number of benzene rings is 1. The first-order chi connectivity index (χ1) is 16.8. The molecule has 0 unspecified atom stereocenters. The number of hydrogen-bond donors (Lipinski definition) is 3. The number of carbonyl (C=O) groups excluding carboxylic acids is 2. The number of nitrogens with zero attached hydrogens (tertiary/aromatic N) is 3. The van der Waals surface area contributed by atoms with E-state index in [4.69, 9.17) is 10.2 Å². The van der Waals surface area contributed by atoms with Crippen molar-refractivity contribution >= 4 is 41.2 Å². The quantitative estimate of drug-likeness (QED) is 0.315. The van der Waals surface area contributed by atoms with E-state index < -0.39 is 17.8 Å². The third-order valence-electron chi connectivity index (χ3n) is 5.51. The number of unbranched alkanes of at least 4 members (excludes halogenated alkanes) is 1. The third kappa shape index (κ3) is 8.01. The van der Waals surface area contributed by atoms with E-state index in [1.54, 1.807) is 4.90 Å². The van der Waals surface area contributed by atoms with Gasteiger partial charge in [0.1, 0.15) is 10.7 Å². The molecule has 10 nitrogen and oxygen atoms in total. The van der Waals surface area contributed by atoms with E-state index in [1.807, 2.05) is 30.3 Å². The standard InChI is InChI=1S/C24H28N4O6S/c29-19(28-14-12-27(13-15-28)11-5-4-8-20(30)31)16-25-23(34)22-18(9-10-21(32)33)35-24(26-22)17-6-2-1-3-7-17/h1-3,6-7,9-10H,4-5,8,11-16H2,(H,25,34)(H,30,31)(H,32,33)/b10-9+. The first-order valence-corrected chi connectivity index (χ1v) is 12.1. The number of rotatable bonds is 11. The predicted molar refractivity (Wildman–Crippen MR) is 131 cm³/mol. The summed E-state index contributed by atoms with van der Waals surface area (Å²) >= 11 is 1.20. The Balaban J connectivity index is 1.54. The van der Waals surface area contributed by atoms with Gasteiger partial charge in [0.2, 0.25) is 5.91 Å². The lowest BCUT2D eigenvalue weighted by atomic mass is 10.2. The van der Waals surface area contributed by atoms with Crippen LogP contribution in [0.3, 0.4) is 0 Å². The van der Waals surface area contributed by atoms with Gasteiger partial charge in [-0.25, -0.2) is 9.78 Å². The van der Waals surface area contributed by atoms with E-state index in [2.05, 4.69) is 15.2 Å². The van der Waals surface area contributed by atoms with E-state index in [1.165, 1.54) is 17.4 Å². The van der Waals surface area contributed by atoms with Crippen molar-refractivity contribution in [1.82, 2.24) is 20.1 Å². The molecule has 35 heavy (non-hydrogen) atoms. The molecular formula is C24H28N4O6S. The van der Waals surface area contributed by atoms with Gasteiger partial charge in [0.05, 0.1) is 11.4 Å². The maximum atomic E-state index is 12.8. The number of carbonyl (C=O) groups is 4. The van der Waals surface area contributed by atoms with Crippen molar-refractivity contribution in [3.05, 3.63) is 47.0 Å². The number of carboxylic acids is 2. The lowest BCUT2D eigenvalue weighted by molar-refractivity contribution is -0.137. The van der Waals surface area contributed by atoms with Crippen molar-refractivity contribution in [3.8, 4) is 10.6 Å². The SMILES string of the molecule is O=C(O)/C=C/c1sc(-c2ccccc2)nc1C(=O)NCC(=O)N1CCN(CCCCC(=O)O)CC1. The lowest BCUT2D eigenvalue weighted by Gasteiger charge is -2.34. The minimum Gasteiger partial charge on any atom is -0.481 e. The van der Waals surface area contributed by atoms with Crippen LogP contribution in [0, 0.1) is 0 Å². The zero-order chi connectivity index (χ0) is 25.2. The van der Waals surface area contributed by atoms with Crippen molar-refractivity contribution in [1.29, 1.82) is 0 Å². The zero-order valence-electron chi connectivity index (χ0n) is 19.2. The van der Waals surface area contributed by atoms with Crippen molar-refractivity contribution in [2.75, 3.05) is 39.3 Å². The molecule has 2 aromatic rings. The molecule has 3 N–H and O–H groups in total. The highest BCUT2D eigenvalue weighted by molar-refractivity contribution is 7.16. The summed E-state index contributed by atoms with van der Waals surface area (Å²) in [4.78, 5) is 55.7. The molecule has 186 valence electrons. The first-order valence-electron chi connectivity index (χ1n) is 11.3. The van der Waals surface area contributed by atoms with Crippen LogP contribution < -0.4 is 5.32 Å². The molecule has 0 aliphatic carbocycles. The molecule has 1 aromatic carbocycles. The zero-order valence-corrected chi connectivity index (χ0v) is 20.0. The van der Waals surface area contributed by atoms with Gasteiger partial charge in [0, 0.05) is 44.2 Å². The second kappa shape index (κ2) is 12.8. The third-order valence-corrected chi connectivity index (χ3v) is 6.58. The fraction of sp³-hybridized carbons (Fsp3) is 0.375. The average Bonchev–Trinajstić information content (AvgIpc) is 3.29. The maximum absolute atomic E-state index is 12.8. The highest BCUT2D eigenvalue weighted by atomic mass is 32.1. The number of amides is 2. The summed E-state index contributed by atoms with van der Waals surface area (Å²) in [6.07, 6.45) is 3.88. The van der Waals surface area contributed by atoms with Gasteiger partial charge < -0.3 is 20.4 Å². The van der Waals surface area contributed by atoms with Gasteiger partial charge in [-0.05, 0) is 25.5 Å². The number of hydrogen-bond acceptors (Lipinski definition) is 7. The topological polar surface area (TPSA) is 140 Å². The Hall–Kier alpha value is -3.57. The Morgan fingerprint density at radius 2 is 1.74 bits per heavy atom. The number of piperazine rings is 1. The summed E-state index contributed by atoms with van der Waals surface area (Å²) < 4.78 is 0. The molecule has 0 saturated carbocycles. The molecule has 1 aromatic heterocycles. The van der Waals surface area contributed by atoms with Crippen LogP contribution >= 0.6 is 11.3 Å². The van der Waals surface area contributed by atoms with Crippen LogP contribution in [-0.2, 0) is 14.4 Å². The van der Waals surface area contributed by atoms with Crippen molar-refractivity contribution < 1.29 is 29.4 Å². The molecule has 11 heteroatoms. The van der Waals surface area contributed by atoms with Crippen molar-refractivity contribution in [2.24, 2.45) is 0 Å². The van der Waals surface area contributed by atoms with Gasteiger partial charge in [-0.2, -0.15) is 0 Å². The van der Waals surface area contributed by atoms with Crippen LogP contribution in [0.5, 0.6) is 0 Å². The number of nitrogens with one attached hydrogen (secondary N) is 1. The molecular weight excluding hydrogens is 472 g/mol. The molecule has 1 fully saturated rings. The summed E-state index contributed by atoms with van der Waals surface area (Å²) in [5.41, 5.74) is 0.878. The number of aliphatic carboxylic acids is 2. The minimum absolute atomic E-state index is 0.0744. The Morgan fingerprint density at radius 1 is 1.03 bits per heavy atom. The van der Waals surface area contributed by atoms with Crippen molar-refractivity contribution in [2.45, 2.75) is 19.3 Å². The highest BCUT2D eigenvalue weighted by Gasteiger charge is 2.23. The van der Waals surface area contributed by atoms with Gasteiger partial charge in [0.15, 0.2) is 0 Å². The van der Waals surface area contributed by atoms with Gasteiger partial charge in [-0.3, -0.25) is 19.3 Å². The average molecular weight is 501 g/mol. The van der Waals surface area contributed by atoms with E-state index in [9.17, 15) is 19.2 Å². The summed E-state index contributed by atoms with van der Waals surface area (Å²) in [7, 11) is 0. The van der Waals surface area contributed by atoms with E-state index in [0.29, 0.717) is 42.5 Å². The smallest absolute Gasteiger partial charge is 0.328 e. The molecule has 1 aliphatic heterocycles. The van der Waals surface area contributed by atoms with Gasteiger partial charge in [0.25, 0.3) is 5.91 Å². The second-order valence-corrected chi connectivity index (χ2v) is 9.06. The lowest BCUT2D eigenvalue weighted by Crippen LogP contribution is -2.51. The maximum Gasteiger partial charge on any atom is 0.328 e. The fourth-order valence-corrected chi connectivity index (χ4v) is 4.61. The molecule has 3 rings (SSSR count). The molecule has 2 amide bonds. The number of thiazole rings is 1. The molecule has 0 spiro atoms. The summed E-state index contributed by atoms with van der Waals surface area (Å²) in [6.45, 7) is 3.08. The summed E-state index contributed by atoms with van der Waals surface area (Å²) in [5.74, 6) is -2.67. The fourth-order valence-electron chi connectivity index (χ4n) is 3.64. The van der Waals surface area contributed by atoms with Crippen molar-refractivity contribution in [3.63, 3.8) is 0 Å². The van der Waals surface area contributed by atoms with E-state index in [0.717, 1.165) is 24.6 Å². The monoisotopic (exact) mass is 500 g/mol. The van der Waals surface area contributed by atoms with Crippen LogP contribution in [0.4, 0.5) is 0 Å². The highest BCUT2D eigenvalue weighted by Crippen LogP contribution is 2.29. The minimum atomic E-state index is -1.14. The Morgan fingerprint density at radius 3 is 2.40 bits per heavy atom. The van der Waals surface area contributed by atoms with E-state index in [-0.39, 0.29) is 24.6 Å². The number of carboxylic acid groups (broad SMARTS) is 2. The summed E-state index contributed by atoms with van der Waals surface area (Å²) in [5, 5.41) is 20.9. The number of aromatic nitrogens is 1. The second-order valence-electron chi connectivity index (χ2n) is 8.03. The van der Waals surface area contributed by atoms with Gasteiger partial charge >= 0.3 is 11.9 Å². The largest absolute Gasteiger partial charge is 0.481 e. The molecule has 0 bridgehead atoms. The van der Waals surface area contributed by atoms with Crippen LogP contribution in [0.1, 0.15) is 34.6 Å². The van der Waals surface area contributed by atoms with Crippen LogP contribution in [0.2, 0.25) is 0 Å². The van der Waals surface area contributed by atoms with E-state index >= 15 is 0 Å². The Labute approximate surface area is 206 Å². The van der Waals surface area contributed by atoms with Gasteiger partial charge in [-0.15, -0.1) is 11.3 Å². The molecule has 1 saturated heterocycles. The predicted octanol–water partition coefficient (Wildman–Crippen LogP) is 2.04. The Kier molecular flexibility index (Phi) is 9.50. The van der Waals surface area contributed by atoms with Crippen LogP contribution in [0.25, 0.3) is 16.6 Å². The Bertz CT molecular complexity index is 1080. The molecule has 0 atom stereocenters. The van der Waals surface area contributed by atoms with Crippen LogP contribution in [-0.4, -0.2) is 88.0 Å². The van der Waals surface area contributed by atoms with Crippen LogP contribution in [0.15, 0.2) is 36.4 Å². The summed E-state index contributed by atoms with van der Waals surface area (Å²) in [6, 6.07) is 9.25. The normalized spacial score (nSPS) is 14.2.